The van der Waals surface area contributed by atoms with E-state index in [2.05, 4.69) is 4.89 Å². The van der Waals surface area contributed by atoms with Gasteiger partial charge in [0.2, 0.25) is 11.0 Å². The Morgan fingerprint density at radius 3 is 0.732 bits per heavy atom. The zero-order valence-electron chi connectivity index (χ0n) is 52.3. The van der Waals surface area contributed by atoms with Crippen molar-refractivity contribution in [1.82, 2.24) is 0 Å². The fourth-order valence-electron chi connectivity index (χ4n) is 10.6. The van der Waals surface area contributed by atoms with Crippen LogP contribution in [0, 0.1) is 125 Å². The molecule has 15 nitrogen and oxygen atoms in total. The van der Waals surface area contributed by atoms with Gasteiger partial charge in [-0.2, -0.15) is 0 Å². The summed E-state index contributed by atoms with van der Waals surface area (Å²) in [5, 5.41) is 29.8. The first-order chi connectivity index (χ1) is 36.3. The molecule has 0 amide bonds. The van der Waals surface area contributed by atoms with Crippen LogP contribution in [0.25, 0.3) is 0 Å². The SMILES string of the molecule is Cc1cc(C)c(C(=O)P(=O)(O)C(=O)c2c(C)cc(C)cc2C)c(C)c1.Cc1cc(C)c(C(=O)P(=O)([O-])C(=O)c2c(C)cc(C)cc2C)c(C)c1.Cc1cc(C)c(C(O)P(=O)(O)C(O)c2c(C)cc(C)cc2C)c(C)c1.O=CO[O-].[H-].[K+].[K+].[K+]. The van der Waals surface area contributed by atoms with Gasteiger partial charge >= 0.3 is 162 Å². The first kappa shape index (κ1) is 80.8. The maximum absolute atomic E-state index is 13.0. The van der Waals surface area contributed by atoms with Crippen LogP contribution in [0.5, 0.6) is 0 Å². The molecular weight excluding hydrogens is 1180 g/mol. The number of hydrogen-bond donors (Lipinski definition) is 4. The van der Waals surface area contributed by atoms with E-state index in [1.165, 1.54) is 0 Å². The van der Waals surface area contributed by atoms with E-state index in [1.54, 1.807) is 132 Å². The molecule has 0 aliphatic heterocycles. The van der Waals surface area contributed by atoms with Gasteiger partial charge in [-0.15, -0.1) is 0 Å². The summed E-state index contributed by atoms with van der Waals surface area (Å²) >= 11 is 0. The molecule has 0 saturated heterocycles. The Morgan fingerprint density at radius 1 is 0.402 bits per heavy atom. The van der Waals surface area contributed by atoms with E-state index in [1.807, 2.05) is 65.8 Å². The molecule has 0 aromatic heterocycles. The van der Waals surface area contributed by atoms with E-state index in [4.69, 9.17) is 10.1 Å². The van der Waals surface area contributed by atoms with Crippen LogP contribution in [0.3, 0.4) is 0 Å². The molecule has 21 heteroatoms. The zero-order valence-corrected chi connectivity index (χ0v) is 63.3. The number of aliphatic hydroxyl groups is 2. The second-order valence-electron chi connectivity index (χ2n) is 20.7. The summed E-state index contributed by atoms with van der Waals surface area (Å²) in [6, 6.07) is 21.5. The monoisotopic (exact) mass is 1260 g/mol. The molecule has 6 aromatic carbocycles. The summed E-state index contributed by atoms with van der Waals surface area (Å²) in [5.41, 5.74) is 10.5. The minimum atomic E-state index is -4.98. The summed E-state index contributed by atoms with van der Waals surface area (Å²) in [5.74, 6) is -3.27. The second-order valence-corrected chi connectivity index (χ2v) is 26.9. The third-order valence-electron chi connectivity index (χ3n) is 13.4. The number of carbonyl (C=O) groups is 5. The summed E-state index contributed by atoms with van der Waals surface area (Å²) in [6.07, 6.45) is 0. The quantitative estimate of drug-likeness (QED) is 0.0426. The zero-order chi connectivity index (χ0) is 60.7. The van der Waals surface area contributed by atoms with Crippen molar-refractivity contribution in [3.63, 3.8) is 0 Å². The maximum Gasteiger partial charge on any atom is 1.00 e. The van der Waals surface area contributed by atoms with Gasteiger partial charge in [0.1, 0.15) is 0 Å². The summed E-state index contributed by atoms with van der Waals surface area (Å²) in [7, 11) is -14.1. The van der Waals surface area contributed by atoms with Gasteiger partial charge in [-0.25, -0.2) is 0 Å². The van der Waals surface area contributed by atoms with Crippen LogP contribution < -0.4 is 164 Å². The average molecular weight is 1260 g/mol. The summed E-state index contributed by atoms with van der Waals surface area (Å²) in [4.78, 5) is 96.1. The number of rotatable bonds is 13. The standard InChI is InChI=1S/C20H27O4P.2C20H23O4P.CH2O3.3K.H/c3*1-11-7-13(3)17(14(4)8-11)19(21)25(23,24)20(22)18-15(5)9-12(2)10-16(18)6;2-1-4-3;;;;/h7-10,19-22H,1-6H3,(H,23,24);2*7-10H,1-6H3,(H,23,24);1,3H;;;;/q;;;;3*+1;-1/p-2. The number of aryl methyl sites for hydroxylation is 18. The molecule has 0 aliphatic carbocycles. The molecule has 0 spiro atoms. The van der Waals surface area contributed by atoms with E-state index >= 15 is 0 Å². The van der Waals surface area contributed by atoms with E-state index in [9.17, 15) is 57.8 Å². The Kier molecular flexibility index (Phi) is 33.5. The van der Waals surface area contributed by atoms with Gasteiger partial charge in [0.25, 0.3) is 24.9 Å². The smallest absolute Gasteiger partial charge is 1.00 e. The van der Waals surface area contributed by atoms with Gasteiger partial charge in [-0.3, -0.25) is 33.1 Å². The Labute approximate surface area is 612 Å². The topological polar surface area (TPSA) is 273 Å². The Bertz CT molecular complexity index is 3050. The molecule has 82 heavy (non-hydrogen) atoms. The molecule has 2 atom stereocenters. The van der Waals surface area contributed by atoms with E-state index < -0.39 is 55.9 Å². The Balaban J connectivity index is 0. The second kappa shape index (κ2) is 34.0. The van der Waals surface area contributed by atoms with E-state index in [0.717, 1.165) is 55.6 Å². The van der Waals surface area contributed by atoms with E-state index in [-0.39, 0.29) is 184 Å². The molecule has 6 aromatic rings. The van der Waals surface area contributed by atoms with Crippen molar-refractivity contribution in [3.05, 3.63) is 206 Å². The number of hydrogen-bond acceptors (Lipinski definition) is 13. The Morgan fingerprint density at radius 2 is 0.561 bits per heavy atom. The van der Waals surface area contributed by atoms with Crippen molar-refractivity contribution >= 4 is 50.7 Å². The predicted molar refractivity (Wildman–Crippen MR) is 307 cm³/mol. The summed E-state index contributed by atoms with van der Waals surface area (Å²) < 4.78 is 38.6. The molecule has 0 heterocycles. The third-order valence-corrected chi connectivity index (χ3v) is 18.4. The first-order valence-corrected chi connectivity index (χ1v) is 30.1. The van der Waals surface area contributed by atoms with Gasteiger partial charge in [0.15, 0.2) is 19.1 Å². The average Bonchev–Trinajstić information content (AvgIpc) is 3.29. The van der Waals surface area contributed by atoms with Crippen LogP contribution in [0.4, 0.5) is 0 Å². The number of benzene rings is 6. The van der Waals surface area contributed by atoms with Crippen molar-refractivity contribution in [1.29, 1.82) is 0 Å². The molecule has 0 radical (unpaired) electrons. The minimum absolute atomic E-state index is 0. The maximum atomic E-state index is 13.0. The molecule has 0 fully saturated rings. The molecule has 426 valence electrons. The molecule has 0 bridgehead atoms. The van der Waals surface area contributed by atoms with Crippen molar-refractivity contribution in [3.8, 4) is 0 Å². The molecule has 0 aliphatic rings. The minimum Gasteiger partial charge on any atom is -1.00 e. The van der Waals surface area contributed by atoms with Crippen molar-refractivity contribution in [2.75, 3.05) is 0 Å². The fourth-order valence-corrected chi connectivity index (χ4v) is 15.3. The number of aliphatic hydroxyl groups excluding tert-OH is 2. The van der Waals surface area contributed by atoms with Crippen molar-refractivity contribution in [2.45, 2.75) is 136 Å². The summed E-state index contributed by atoms with van der Waals surface area (Å²) in [6.45, 7) is 31.9. The normalized spacial score (nSPS) is 12.2. The molecule has 6 rings (SSSR count). The number of carbonyl (C=O) groups excluding carboxylic acids is 5. The van der Waals surface area contributed by atoms with Gasteiger partial charge in [-0.1, -0.05) is 106 Å². The van der Waals surface area contributed by atoms with E-state index in [0.29, 0.717) is 55.6 Å². The van der Waals surface area contributed by atoms with Crippen LogP contribution in [0.1, 0.15) is 166 Å². The largest absolute Gasteiger partial charge is 1.00 e. The predicted octanol–water partition coefficient (Wildman–Crippen LogP) is 2.99. The molecular formula is C61H74K3O15P3. The molecule has 2 unspecified atom stereocenters. The van der Waals surface area contributed by atoms with Crippen LogP contribution in [0.15, 0.2) is 72.8 Å². The fraction of sp³-hybridized carbons (Fsp3) is 0.328. The van der Waals surface area contributed by atoms with Crippen LogP contribution >= 0.6 is 22.1 Å². The van der Waals surface area contributed by atoms with Crippen LogP contribution in [-0.2, 0) is 23.4 Å². The van der Waals surface area contributed by atoms with Gasteiger partial charge in [0, 0.05) is 22.3 Å². The van der Waals surface area contributed by atoms with Crippen molar-refractivity contribution in [2.24, 2.45) is 0 Å². The van der Waals surface area contributed by atoms with Crippen molar-refractivity contribution < 1.29 is 228 Å². The van der Waals surface area contributed by atoms with Crippen LogP contribution in [-0.4, -0.2) is 48.6 Å². The molecule has 4 N–H and O–H groups in total. The third kappa shape index (κ3) is 19.7. The van der Waals surface area contributed by atoms with Gasteiger partial charge in [-0.05, 0) is 203 Å². The first-order valence-electron chi connectivity index (χ1n) is 25.0. The van der Waals surface area contributed by atoms with Gasteiger partial charge in [0.05, 0.1) is 0 Å². The Hall–Kier alpha value is -1.17. The van der Waals surface area contributed by atoms with Crippen LogP contribution in [0.2, 0.25) is 0 Å². The van der Waals surface area contributed by atoms with Gasteiger partial charge < -0.3 is 41.0 Å². The molecule has 0 saturated carbocycles.